The third-order valence-electron chi connectivity index (χ3n) is 2.10. The lowest BCUT2D eigenvalue weighted by atomic mass is 10.4. The van der Waals surface area contributed by atoms with Crippen LogP contribution in [0.3, 0.4) is 0 Å². The summed E-state index contributed by atoms with van der Waals surface area (Å²) in [5.41, 5.74) is 5.46. The molecule has 0 radical (unpaired) electrons. The van der Waals surface area contributed by atoms with Gasteiger partial charge in [0.05, 0.1) is 13.1 Å². The number of thiophene rings is 1. The molecule has 0 unspecified atom stereocenters. The Morgan fingerprint density at radius 3 is 2.73 bits per heavy atom. The standard InChI is InChI=1S/C11H14N2OS/c12-6-9-3-4-10(14-9)7-13-8-11-2-1-5-15-11/h1-5,13H,6-8,12H2. The van der Waals surface area contributed by atoms with Gasteiger partial charge in [-0.3, -0.25) is 0 Å². The number of rotatable bonds is 5. The molecule has 2 heterocycles. The van der Waals surface area contributed by atoms with E-state index in [1.165, 1.54) is 4.88 Å². The van der Waals surface area contributed by atoms with E-state index in [2.05, 4.69) is 22.8 Å². The van der Waals surface area contributed by atoms with Crippen molar-refractivity contribution in [3.05, 3.63) is 46.0 Å². The van der Waals surface area contributed by atoms with Crippen molar-refractivity contribution in [1.29, 1.82) is 0 Å². The molecule has 2 aromatic rings. The molecule has 0 aromatic carbocycles. The average Bonchev–Trinajstić information content (AvgIpc) is 2.88. The molecule has 0 aliphatic carbocycles. The topological polar surface area (TPSA) is 51.2 Å². The van der Waals surface area contributed by atoms with Gasteiger partial charge < -0.3 is 15.5 Å². The van der Waals surface area contributed by atoms with Crippen molar-refractivity contribution in [1.82, 2.24) is 5.32 Å². The summed E-state index contributed by atoms with van der Waals surface area (Å²) in [7, 11) is 0. The van der Waals surface area contributed by atoms with Gasteiger partial charge >= 0.3 is 0 Å². The molecule has 0 aliphatic heterocycles. The second kappa shape index (κ2) is 5.11. The first-order chi connectivity index (χ1) is 7.38. The molecule has 3 N–H and O–H groups in total. The fourth-order valence-electron chi connectivity index (χ4n) is 1.35. The fraction of sp³-hybridized carbons (Fsp3) is 0.273. The van der Waals surface area contributed by atoms with Gasteiger partial charge in [-0.05, 0) is 23.6 Å². The quantitative estimate of drug-likeness (QED) is 0.814. The maximum absolute atomic E-state index is 5.47. The van der Waals surface area contributed by atoms with Crippen LogP contribution in [0.5, 0.6) is 0 Å². The Bertz CT molecular complexity index is 394. The molecule has 0 saturated carbocycles. The molecule has 2 rings (SSSR count). The Labute approximate surface area is 92.9 Å². The summed E-state index contributed by atoms with van der Waals surface area (Å²) < 4.78 is 5.47. The van der Waals surface area contributed by atoms with E-state index in [4.69, 9.17) is 10.2 Å². The molecule has 0 amide bonds. The molecule has 0 spiro atoms. The van der Waals surface area contributed by atoms with Crippen LogP contribution in [-0.2, 0) is 19.6 Å². The van der Waals surface area contributed by atoms with E-state index in [1.54, 1.807) is 11.3 Å². The largest absolute Gasteiger partial charge is 0.463 e. The average molecular weight is 222 g/mol. The van der Waals surface area contributed by atoms with E-state index in [0.717, 1.165) is 24.6 Å². The van der Waals surface area contributed by atoms with Gasteiger partial charge in [-0.25, -0.2) is 0 Å². The molecule has 0 bridgehead atoms. The first kappa shape index (κ1) is 10.4. The van der Waals surface area contributed by atoms with Gasteiger partial charge in [0.2, 0.25) is 0 Å². The van der Waals surface area contributed by atoms with Gasteiger partial charge in [-0.15, -0.1) is 11.3 Å². The molecule has 2 aromatic heterocycles. The van der Waals surface area contributed by atoms with Crippen LogP contribution in [0.4, 0.5) is 0 Å². The Hall–Kier alpha value is -1.10. The van der Waals surface area contributed by atoms with E-state index >= 15 is 0 Å². The van der Waals surface area contributed by atoms with Gasteiger partial charge in [-0.1, -0.05) is 6.07 Å². The summed E-state index contributed by atoms with van der Waals surface area (Å²) in [6.07, 6.45) is 0. The number of furan rings is 1. The van der Waals surface area contributed by atoms with E-state index in [-0.39, 0.29) is 0 Å². The molecule has 0 aliphatic rings. The maximum Gasteiger partial charge on any atom is 0.118 e. The van der Waals surface area contributed by atoms with Crippen molar-refractivity contribution in [2.45, 2.75) is 19.6 Å². The minimum atomic E-state index is 0.463. The maximum atomic E-state index is 5.47. The van der Waals surface area contributed by atoms with E-state index in [9.17, 15) is 0 Å². The fourth-order valence-corrected chi connectivity index (χ4v) is 2.02. The van der Waals surface area contributed by atoms with Gasteiger partial charge in [0.25, 0.3) is 0 Å². The number of nitrogens with one attached hydrogen (secondary N) is 1. The minimum Gasteiger partial charge on any atom is -0.463 e. The lowest BCUT2D eigenvalue weighted by molar-refractivity contribution is 0.448. The lowest BCUT2D eigenvalue weighted by Gasteiger charge is -1.99. The minimum absolute atomic E-state index is 0.463. The van der Waals surface area contributed by atoms with Crippen LogP contribution in [0.25, 0.3) is 0 Å². The van der Waals surface area contributed by atoms with Crippen molar-refractivity contribution in [3.63, 3.8) is 0 Å². The van der Waals surface area contributed by atoms with Crippen molar-refractivity contribution in [2.24, 2.45) is 5.73 Å². The highest BCUT2D eigenvalue weighted by atomic mass is 32.1. The third-order valence-corrected chi connectivity index (χ3v) is 2.97. The molecule has 4 heteroatoms. The zero-order valence-corrected chi connectivity index (χ0v) is 9.22. The third kappa shape index (κ3) is 2.92. The highest BCUT2D eigenvalue weighted by Gasteiger charge is 2.00. The molecular weight excluding hydrogens is 208 g/mol. The zero-order valence-electron chi connectivity index (χ0n) is 8.40. The molecule has 0 saturated heterocycles. The summed E-state index contributed by atoms with van der Waals surface area (Å²) >= 11 is 1.75. The van der Waals surface area contributed by atoms with Crippen LogP contribution in [0.1, 0.15) is 16.4 Å². The first-order valence-corrected chi connectivity index (χ1v) is 5.77. The number of hydrogen-bond donors (Lipinski definition) is 2. The lowest BCUT2D eigenvalue weighted by Crippen LogP contribution is -2.11. The molecular formula is C11H14N2OS. The molecule has 15 heavy (non-hydrogen) atoms. The number of nitrogens with two attached hydrogens (primary N) is 1. The van der Waals surface area contributed by atoms with Crippen LogP contribution >= 0.6 is 11.3 Å². The Morgan fingerprint density at radius 1 is 1.20 bits per heavy atom. The van der Waals surface area contributed by atoms with E-state index in [1.807, 2.05) is 12.1 Å². The monoisotopic (exact) mass is 222 g/mol. The normalized spacial score (nSPS) is 10.7. The summed E-state index contributed by atoms with van der Waals surface area (Å²) in [6, 6.07) is 8.05. The van der Waals surface area contributed by atoms with Crippen LogP contribution in [0.15, 0.2) is 34.1 Å². The van der Waals surface area contributed by atoms with Gasteiger partial charge in [-0.2, -0.15) is 0 Å². The van der Waals surface area contributed by atoms with Crippen molar-refractivity contribution in [3.8, 4) is 0 Å². The van der Waals surface area contributed by atoms with Crippen LogP contribution in [0.2, 0.25) is 0 Å². The molecule has 0 fully saturated rings. The first-order valence-electron chi connectivity index (χ1n) is 4.89. The highest BCUT2D eigenvalue weighted by molar-refractivity contribution is 7.09. The Morgan fingerprint density at radius 2 is 2.07 bits per heavy atom. The number of hydrogen-bond acceptors (Lipinski definition) is 4. The second-order valence-electron chi connectivity index (χ2n) is 3.26. The highest BCUT2D eigenvalue weighted by Crippen LogP contribution is 2.09. The SMILES string of the molecule is NCc1ccc(CNCc2cccs2)o1. The van der Waals surface area contributed by atoms with Crippen molar-refractivity contribution >= 4 is 11.3 Å². The van der Waals surface area contributed by atoms with E-state index < -0.39 is 0 Å². The summed E-state index contributed by atoms with van der Waals surface area (Å²) in [4.78, 5) is 1.33. The predicted octanol–water partition coefficient (Wildman–Crippen LogP) is 2.09. The molecule has 3 nitrogen and oxygen atoms in total. The van der Waals surface area contributed by atoms with Crippen molar-refractivity contribution in [2.75, 3.05) is 0 Å². The van der Waals surface area contributed by atoms with Gasteiger partial charge in [0, 0.05) is 11.4 Å². The zero-order chi connectivity index (χ0) is 10.5. The smallest absolute Gasteiger partial charge is 0.118 e. The Balaban J connectivity index is 1.78. The van der Waals surface area contributed by atoms with Gasteiger partial charge in [0.15, 0.2) is 0 Å². The van der Waals surface area contributed by atoms with E-state index in [0.29, 0.717) is 6.54 Å². The Kier molecular flexibility index (Phi) is 3.55. The summed E-state index contributed by atoms with van der Waals surface area (Å²) in [5.74, 6) is 1.77. The second-order valence-corrected chi connectivity index (χ2v) is 4.29. The van der Waals surface area contributed by atoms with Gasteiger partial charge in [0.1, 0.15) is 11.5 Å². The van der Waals surface area contributed by atoms with Crippen LogP contribution in [-0.4, -0.2) is 0 Å². The summed E-state index contributed by atoms with van der Waals surface area (Å²) in [6.45, 7) is 2.10. The summed E-state index contributed by atoms with van der Waals surface area (Å²) in [5, 5.41) is 5.40. The predicted molar refractivity (Wildman–Crippen MR) is 61.5 cm³/mol. The van der Waals surface area contributed by atoms with Crippen molar-refractivity contribution < 1.29 is 4.42 Å². The molecule has 80 valence electrons. The van der Waals surface area contributed by atoms with Crippen LogP contribution in [0, 0.1) is 0 Å². The molecule has 0 atom stereocenters. The van der Waals surface area contributed by atoms with Crippen LogP contribution < -0.4 is 11.1 Å².